The number of nitrogens with one attached hydrogen (secondary N) is 1. The second-order valence-corrected chi connectivity index (χ2v) is 6.19. The van der Waals surface area contributed by atoms with Crippen LogP contribution in [0.5, 0.6) is 0 Å². The Kier molecular flexibility index (Phi) is 3.93. The van der Waals surface area contributed by atoms with E-state index in [-0.39, 0.29) is 17.3 Å². The lowest BCUT2D eigenvalue weighted by atomic mass is 9.82. The Morgan fingerprint density at radius 1 is 1.42 bits per heavy atom. The third-order valence-corrected chi connectivity index (χ3v) is 3.81. The largest absolute Gasteiger partial charge is 0.350 e. The number of amides is 1. The van der Waals surface area contributed by atoms with Crippen LogP contribution in [0.2, 0.25) is 0 Å². The monoisotopic (exact) mass is 263 g/mol. The zero-order valence-corrected chi connectivity index (χ0v) is 11.9. The third kappa shape index (κ3) is 3.34. The van der Waals surface area contributed by atoms with Crippen molar-refractivity contribution in [3.63, 3.8) is 0 Å². The van der Waals surface area contributed by atoms with Crippen molar-refractivity contribution < 1.29 is 9.18 Å². The van der Waals surface area contributed by atoms with Crippen LogP contribution in [0.15, 0.2) is 18.2 Å². The van der Waals surface area contributed by atoms with Crippen molar-refractivity contribution in [2.45, 2.75) is 52.0 Å². The summed E-state index contributed by atoms with van der Waals surface area (Å²) in [5.41, 5.74) is 1.44. The SMILES string of the molecule is Cc1ccc(CC2(CC(C)C)CCC(=O)N2)cc1F. The molecule has 1 atom stereocenters. The van der Waals surface area contributed by atoms with Gasteiger partial charge >= 0.3 is 0 Å². The first-order valence-electron chi connectivity index (χ1n) is 6.96. The van der Waals surface area contributed by atoms with E-state index >= 15 is 0 Å². The Labute approximate surface area is 114 Å². The molecule has 1 heterocycles. The number of halogens is 1. The Morgan fingerprint density at radius 3 is 2.68 bits per heavy atom. The van der Waals surface area contributed by atoms with Gasteiger partial charge in [-0.2, -0.15) is 0 Å². The molecule has 0 aliphatic carbocycles. The van der Waals surface area contributed by atoms with E-state index in [1.54, 1.807) is 13.0 Å². The van der Waals surface area contributed by atoms with E-state index in [0.717, 1.165) is 18.4 Å². The summed E-state index contributed by atoms with van der Waals surface area (Å²) in [5.74, 6) is 0.462. The molecule has 1 fully saturated rings. The summed E-state index contributed by atoms with van der Waals surface area (Å²) in [5, 5.41) is 3.12. The van der Waals surface area contributed by atoms with E-state index in [2.05, 4.69) is 19.2 Å². The Morgan fingerprint density at radius 2 is 2.16 bits per heavy atom. The second kappa shape index (κ2) is 5.32. The fraction of sp³-hybridized carbons (Fsp3) is 0.562. The number of hydrogen-bond acceptors (Lipinski definition) is 1. The predicted molar refractivity (Wildman–Crippen MR) is 74.4 cm³/mol. The molecule has 1 amide bonds. The van der Waals surface area contributed by atoms with Crippen LogP contribution in [0, 0.1) is 18.7 Å². The highest BCUT2D eigenvalue weighted by molar-refractivity contribution is 5.79. The molecule has 104 valence electrons. The highest BCUT2D eigenvalue weighted by Gasteiger charge is 2.38. The molecule has 1 N–H and O–H groups in total. The summed E-state index contributed by atoms with van der Waals surface area (Å²) in [7, 11) is 0. The quantitative estimate of drug-likeness (QED) is 0.886. The number of carbonyl (C=O) groups is 1. The van der Waals surface area contributed by atoms with E-state index in [0.29, 0.717) is 24.3 Å². The lowest BCUT2D eigenvalue weighted by molar-refractivity contribution is -0.119. The molecule has 0 spiro atoms. The van der Waals surface area contributed by atoms with Crippen LogP contribution >= 0.6 is 0 Å². The summed E-state index contributed by atoms with van der Waals surface area (Å²) in [6.07, 6.45) is 3.09. The Hall–Kier alpha value is -1.38. The highest BCUT2D eigenvalue weighted by atomic mass is 19.1. The van der Waals surface area contributed by atoms with Crippen molar-refractivity contribution in [1.82, 2.24) is 5.32 Å². The average molecular weight is 263 g/mol. The molecule has 0 radical (unpaired) electrons. The Balaban J connectivity index is 2.20. The average Bonchev–Trinajstić information content (AvgIpc) is 2.64. The summed E-state index contributed by atoms with van der Waals surface area (Å²) >= 11 is 0. The highest BCUT2D eigenvalue weighted by Crippen LogP contribution is 2.31. The minimum atomic E-state index is -0.188. The van der Waals surface area contributed by atoms with Crippen molar-refractivity contribution in [1.29, 1.82) is 0 Å². The van der Waals surface area contributed by atoms with Crippen molar-refractivity contribution in [2.24, 2.45) is 5.92 Å². The molecule has 1 aliphatic heterocycles. The molecule has 1 aromatic carbocycles. The topological polar surface area (TPSA) is 29.1 Å². The second-order valence-electron chi connectivity index (χ2n) is 6.19. The lowest BCUT2D eigenvalue weighted by Crippen LogP contribution is -2.44. The molecule has 0 bridgehead atoms. The molecule has 2 nitrogen and oxygen atoms in total. The molecule has 1 aromatic rings. The van der Waals surface area contributed by atoms with Gasteiger partial charge in [0.1, 0.15) is 5.82 Å². The van der Waals surface area contributed by atoms with Gasteiger partial charge in [0.05, 0.1) is 0 Å². The maximum absolute atomic E-state index is 13.6. The number of benzene rings is 1. The van der Waals surface area contributed by atoms with Crippen molar-refractivity contribution >= 4 is 5.91 Å². The molecule has 1 unspecified atom stereocenters. The zero-order valence-electron chi connectivity index (χ0n) is 11.9. The minimum Gasteiger partial charge on any atom is -0.350 e. The van der Waals surface area contributed by atoms with Gasteiger partial charge in [0.2, 0.25) is 5.91 Å². The third-order valence-electron chi connectivity index (χ3n) is 3.81. The maximum Gasteiger partial charge on any atom is 0.220 e. The summed E-state index contributed by atoms with van der Waals surface area (Å²) in [4.78, 5) is 11.6. The first kappa shape index (κ1) is 14.0. The molecular weight excluding hydrogens is 241 g/mol. The van der Waals surface area contributed by atoms with Crippen LogP contribution in [-0.4, -0.2) is 11.4 Å². The fourth-order valence-electron chi connectivity index (χ4n) is 3.05. The number of carbonyl (C=O) groups excluding carboxylic acids is 1. The molecule has 2 rings (SSSR count). The van der Waals surface area contributed by atoms with Gasteiger partial charge in [-0.05, 0) is 49.3 Å². The van der Waals surface area contributed by atoms with Gasteiger partial charge in [-0.3, -0.25) is 4.79 Å². The summed E-state index contributed by atoms with van der Waals surface area (Å²) < 4.78 is 13.6. The van der Waals surface area contributed by atoms with Crippen LogP contribution in [0.3, 0.4) is 0 Å². The molecule has 0 aromatic heterocycles. The summed E-state index contributed by atoms with van der Waals surface area (Å²) in [6.45, 7) is 6.07. The normalized spacial score (nSPS) is 22.9. The minimum absolute atomic E-state index is 0.119. The molecule has 1 saturated heterocycles. The standard InChI is InChI=1S/C16H22FNO/c1-11(2)9-16(7-6-15(19)18-16)10-13-5-4-12(3)14(17)8-13/h4-5,8,11H,6-7,9-10H2,1-3H3,(H,18,19). The van der Waals surface area contributed by atoms with Crippen LogP contribution in [0.1, 0.15) is 44.2 Å². The molecule has 0 saturated carbocycles. The van der Waals surface area contributed by atoms with E-state index in [9.17, 15) is 9.18 Å². The number of aryl methyl sites for hydroxylation is 1. The predicted octanol–water partition coefficient (Wildman–Crippen LogP) is 3.37. The van der Waals surface area contributed by atoms with Crippen molar-refractivity contribution in [2.75, 3.05) is 0 Å². The van der Waals surface area contributed by atoms with Crippen LogP contribution in [-0.2, 0) is 11.2 Å². The van der Waals surface area contributed by atoms with E-state index in [1.807, 2.05) is 12.1 Å². The first-order valence-corrected chi connectivity index (χ1v) is 6.96. The van der Waals surface area contributed by atoms with Gasteiger partial charge in [0.25, 0.3) is 0 Å². The van der Waals surface area contributed by atoms with Crippen LogP contribution in [0.25, 0.3) is 0 Å². The number of hydrogen-bond donors (Lipinski definition) is 1. The molecular formula is C16H22FNO. The van der Waals surface area contributed by atoms with Gasteiger partial charge in [0.15, 0.2) is 0 Å². The van der Waals surface area contributed by atoms with Crippen LogP contribution in [0.4, 0.5) is 4.39 Å². The Bertz CT molecular complexity index is 484. The van der Waals surface area contributed by atoms with Crippen molar-refractivity contribution in [3.05, 3.63) is 35.1 Å². The molecule has 3 heteroatoms. The zero-order chi connectivity index (χ0) is 14.0. The van der Waals surface area contributed by atoms with Crippen LogP contribution < -0.4 is 5.32 Å². The first-order chi connectivity index (χ1) is 8.90. The van der Waals surface area contributed by atoms with E-state index < -0.39 is 0 Å². The van der Waals surface area contributed by atoms with Crippen molar-refractivity contribution in [3.8, 4) is 0 Å². The molecule has 19 heavy (non-hydrogen) atoms. The molecule has 1 aliphatic rings. The lowest BCUT2D eigenvalue weighted by Gasteiger charge is -2.31. The van der Waals surface area contributed by atoms with Gasteiger partial charge < -0.3 is 5.32 Å². The smallest absolute Gasteiger partial charge is 0.220 e. The van der Waals surface area contributed by atoms with Gasteiger partial charge in [-0.25, -0.2) is 4.39 Å². The summed E-state index contributed by atoms with van der Waals surface area (Å²) in [6, 6.07) is 5.37. The van der Waals surface area contributed by atoms with Gasteiger partial charge in [-0.1, -0.05) is 26.0 Å². The van der Waals surface area contributed by atoms with Gasteiger partial charge in [0, 0.05) is 12.0 Å². The van der Waals surface area contributed by atoms with E-state index in [1.165, 1.54) is 0 Å². The maximum atomic E-state index is 13.6. The fourth-order valence-corrected chi connectivity index (χ4v) is 3.05. The number of rotatable bonds is 4. The van der Waals surface area contributed by atoms with E-state index in [4.69, 9.17) is 0 Å². The van der Waals surface area contributed by atoms with Gasteiger partial charge in [-0.15, -0.1) is 0 Å².